The Morgan fingerprint density at radius 2 is 2.11 bits per heavy atom. The summed E-state index contributed by atoms with van der Waals surface area (Å²) in [6.45, 7) is 7.77. The summed E-state index contributed by atoms with van der Waals surface area (Å²) in [7, 11) is -1.61. The third-order valence-electron chi connectivity index (χ3n) is 5.11. The number of carboxylic acids is 1. The number of carbonyl (C=O) groups excluding carboxylic acids is 1. The number of carboxylic acid groups (broad SMARTS) is 1. The molecule has 0 bridgehead atoms. The van der Waals surface area contributed by atoms with Crippen molar-refractivity contribution in [1.82, 2.24) is 4.57 Å². The topological polar surface area (TPSA) is 57.6 Å². The zero-order chi connectivity index (χ0) is 13.6. The lowest BCUT2D eigenvalue weighted by molar-refractivity contribution is -0.143. The second-order valence-electron chi connectivity index (χ2n) is 6.55. The third-order valence-corrected chi connectivity index (χ3v) is 10.3. The van der Waals surface area contributed by atoms with Crippen LogP contribution in [0, 0.1) is 5.92 Å². The Hall–Kier alpha value is -0.843. The summed E-state index contributed by atoms with van der Waals surface area (Å²) >= 11 is 0. The van der Waals surface area contributed by atoms with Gasteiger partial charge in [0.15, 0.2) is 8.24 Å². The molecule has 0 radical (unpaired) electrons. The van der Waals surface area contributed by atoms with Crippen LogP contribution in [0.2, 0.25) is 18.1 Å². The number of carbonyl (C=O) groups is 2. The van der Waals surface area contributed by atoms with Gasteiger partial charge in [0.1, 0.15) is 0 Å². The van der Waals surface area contributed by atoms with E-state index in [1.807, 2.05) is 0 Å². The fourth-order valence-corrected chi connectivity index (χ4v) is 6.25. The van der Waals surface area contributed by atoms with Crippen molar-refractivity contribution in [3.05, 3.63) is 0 Å². The highest BCUT2D eigenvalue weighted by molar-refractivity contribution is 6.80. The highest BCUT2D eigenvalue weighted by Gasteiger charge is 2.59. The standard InChI is InChI=1S/C13H23NO3Si/c1-13(7-8-13)18(2,3)14-9-10(12(14)17)5-4-6-11(15)16/h10H,4-9H2,1-3H3,(H,15,16). The van der Waals surface area contributed by atoms with Crippen LogP contribution in [-0.4, -0.2) is 36.3 Å². The Balaban J connectivity index is 1.83. The van der Waals surface area contributed by atoms with Crippen molar-refractivity contribution >= 4 is 20.1 Å². The summed E-state index contributed by atoms with van der Waals surface area (Å²) in [5, 5.41) is 9.02. The molecule has 18 heavy (non-hydrogen) atoms. The average Bonchev–Trinajstić information content (AvgIpc) is 3.01. The van der Waals surface area contributed by atoms with Crippen LogP contribution in [0.3, 0.4) is 0 Å². The second-order valence-corrected chi connectivity index (χ2v) is 11.4. The van der Waals surface area contributed by atoms with Crippen LogP contribution >= 0.6 is 0 Å². The van der Waals surface area contributed by atoms with Crippen LogP contribution in [0.4, 0.5) is 0 Å². The molecule has 1 heterocycles. The first-order valence-electron chi connectivity index (χ1n) is 6.81. The number of aliphatic carboxylic acids is 1. The summed E-state index contributed by atoms with van der Waals surface area (Å²) < 4.78 is 2.13. The second kappa shape index (κ2) is 4.37. The average molecular weight is 269 g/mol. The van der Waals surface area contributed by atoms with E-state index in [9.17, 15) is 9.59 Å². The Morgan fingerprint density at radius 3 is 2.56 bits per heavy atom. The molecule has 5 heteroatoms. The van der Waals surface area contributed by atoms with Crippen LogP contribution < -0.4 is 0 Å². The highest BCUT2D eigenvalue weighted by atomic mass is 28.3. The quantitative estimate of drug-likeness (QED) is 0.595. The predicted molar refractivity (Wildman–Crippen MR) is 71.8 cm³/mol. The summed E-state index contributed by atoms with van der Waals surface area (Å²) in [6, 6.07) is 0. The van der Waals surface area contributed by atoms with Crippen molar-refractivity contribution in [3.8, 4) is 0 Å². The molecule has 1 atom stereocenters. The molecule has 2 aliphatic rings. The summed E-state index contributed by atoms with van der Waals surface area (Å²) in [6.07, 6.45) is 4.07. The van der Waals surface area contributed by atoms with Gasteiger partial charge in [-0.3, -0.25) is 9.59 Å². The maximum atomic E-state index is 12.2. The van der Waals surface area contributed by atoms with Gasteiger partial charge in [0.25, 0.3) is 0 Å². The monoisotopic (exact) mass is 269 g/mol. The SMILES string of the molecule is CC1([Si](C)(C)N2CC(CCCC(=O)O)C2=O)CC1. The molecule has 102 valence electrons. The Morgan fingerprint density at radius 1 is 1.50 bits per heavy atom. The number of hydrogen-bond donors (Lipinski definition) is 1. The zero-order valence-electron chi connectivity index (χ0n) is 11.5. The van der Waals surface area contributed by atoms with E-state index in [2.05, 4.69) is 24.6 Å². The maximum Gasteiger partial charge on any atom is 0.303 e. The smallest absolute Gasteiger partial charge is 0.303 e. The van der Waals surface area contributed by atoms with Gasteiger partial charge in [0.2, 0.25) is 5.91 Å². The van der Waals surface area contributed by atoms with Crippen molar-refractivity contribution in [3.63, 3.8) is 0 Å². The zero-order valence-corrected chi connectivity index (χ0v) is 12.5. The minimum atomic E-state index is -1.61. The Kier molecular flexibility index (Phi) is 3.30. The first-order chi connectivity index (χ1) is 8.28. The Bertz CT molecular complexity index is 376. The first-order valence-corrected chi connectivity index (χ1v) is 9.76. The number of rotatable bonds is 6. The molecule has 1 saturated carbocycles. The molecule has 2 fully saturated rings. The van der Waals surface area contributed by atoms with Crippen molar-refractivity contribution in [2.75, 3.05) is 6.54 Å². The minimum absolute atomic E-state index is 0.0958. The fourth-order valence-electron chi connectivity index (χ4n) is 2.84. The molecule has 2 rings (SSSR count). The molecule has 1 aliphatic heterocycles. The van der Waals surface area contributed by atoms with Crippen molar-refractivity contribution in [2.45, 2.75) is 57.2 Å². The molecule has 1 N–H and O–H groups in total. The normalized spacial score (nSPS) is 25.8. The lowest BCUT2D eigenvalue weighted by Crippen LogP contribution is -2.66. The molecule has 4 nitrogen and oxygen atoms in total. The summed E-state index contributed by atoms with van der Waals surface area (Å²) in [4.78, 5) is 22.6. The highest BCUT2D eigenvalue weighted by Crippen LogP contribution is 2.61. The molecule has 0 aromatic heterocycles. The minimum Gasteiger partial charge on any atom is -0.481 e. The van der Waals surface area contributed by atoms with Gasteiger partial charge in [-0.05, 0) is 30.7 Å². The van der Waals surface area contributed by atoms with E-state index in [1.165, 1.54) is 12.8 Å². The van der Waals surface area contributed by atoms with Gasteiger partial charge in [-0.2, -0.15) is 0 Å². The molecule has 1 saturated heterocycles. The van der Waals surface area contributed by atoms with Crippen molar-refractivity contribution in [2.24, 2.45) is 5.92 Å². The van der Waals surface area contributed by atoms with Gasteiger partial charge in [-0.1, -0.05) is 20.0 Å². The van der Waals surface area contributed by atoms with Crippen LogP contribution in [-0.2, 0) is 9.59 Å². The molecule has 0 aromatic carbocycles. The van der Waals surface area contributed by atoms with Gasteiger partial charge >= 0.3 is 5.97 Å². The molecule has 1 unspecified atom stereocenters. The van der Waals surface area contributed by atoms with Crippen LogP contribution in [0.1, 0.15) is 39.0 Å². The van der Waals surface area contributed by atoms with Gasteiger partial charge in [-0.25, -0.2) is 0 Å². The molecule has 0 aromatic rings. The number of nitrogens with zero attached hydrogens (tertiary/aromatic N) is 1. The molecule has 0 spiro atoms. The van der Waals surface area contributed by atoms with Crippen LogP contribution in [0.15, 0.2) is 0 Å². The number of β-lactam (4-membered cyclic amide) rings is 1. The number of hydrogen-bond acceptors (Lipinski definition) is 2. The molecule has 1 amide bonds. The molecular formula is C13H23NO3Si. The van der Waals surface area contributed by atoms with Crippen molar-refractivity contribution < 1.29 is 14.7 Å². The van der Waals surface area contributed by atoms with E-state index >= 15 is 0 Å². The van der Waals surface area contributed by atoms with Crippen LogP contribution in [0.5, 0.6) is 0 Å². The number of amides is 1. The fraction of sp³-hybridized carbons (Fsp3) is 0.846. The van der Waals surface area contributed by atoms with Gasteiger partial charge < -0.3 is 9.67 Å². The Labute approximate surface area is 109 Å². The van der Waals surface area contributed by atoms with Gasteiger partial charge in [-0.15, -0.1) is 0 Å². The van der Waals surface area contributed by atoms with E-state index in [0.29, 0.717) is 11.5 Å². The lowest BCUT2D eigenvalue weighted by Gasteiger charge is -2.51. The largest absolute Gasteiger partial charge is 0.481 e. The predicted octanol–water partition coefficient (Wildman–Crippen LogP) is 2.46. The van der Waals surface area contributed by atoms with Crippen LogP contribution in [0.25, 0.3) is 0 Å². The summed E-state index contributed by atoms with van der Waals surface area (Å²) in [5.41, 5.74) is 0. The molecular weight excluding hydrogens is 246 g/mol. The van der Waals surface area contributed by atoms with Gasteiger partial charge in [0.05, 0.1) is 5.92 Å². The first kappa shape index (κ1) is 13.6. The van der Waals surface area contributed by atoms with E-state index in [1.54, 1.807) is 0 Å². The lowest BCUT2D eigenvalue weighted by atomic mass is 9.95. The third kappa shape index (κ3) is 2.20. The van der Waals surface area contributed by atoms with E-state index in [4.69, 9.17) is 5.11 Å². The van der Waals surface area contributed by atoms with Crippen molar-refractivity contribution in [1.29, 1.82) is 0 Å². The summed E-state index contributed by atoms with van der Waals surface area (Å²) in [5.74, 6) is -0.387. The maximum absolute atomic E-state index is 12.2. The van der Waals surface area contributed by atoms with Gasteiger partial charge in [0, 0.05) is 13.0 Å². The van der Waals surface area contributed by atoms with E-state index in [0.717, 1.165) is 13.0 Å². The van der Waals surface area contributed by atoms with E-state index in [-0.39, 0.29) is 18.2 Å². The molecule has 1 aliphatic carbocycles. The van der Waals surface area contributed by atoms with E-state index < -0.39 is 14.2 Å².